The van der Waals surface area contributed by atoms with E-state index in [1.165, 1.54) is 6.08 Å². The van der Waals surface area contributed by atoms with Gasteiger partial charge < -0.3 is 5.11 Å². The molecule has 0 bridgehead atoms. The first kappa shape index (κ1) is 11.7. The number of carboxylic acid groups (broad SMARTS) is 1. The van der Waals surface area contributed by atoms with Crippen molar-refractivity contribution in [3.8, 4) is 6.07 Å². The summed E-state index contributed by atoms with van der Waals surface area (Å²) in [6, 6.07) is 8.44. The third-order valence-electron chi connectivity index (χ3n) is 2.01. The van der Waals surface area contributed by atoms with Crippen molar-refractivity contribution in [2.45, 2.75) is 6.92 Å². The van der Waals surface area contributed by atoms with E-state index < -0.39 is 5.97 Å². The van der Waals surface area contributed by atoms with Gasteiger partial charge in [0.25, 0.3) is 0 Å². The largest absolute Gasteiger partial charge is 0.478 e. The molecular weight excluding hydrogens is 202 g/mol. The Morgan fingerprint density at radius 1 is 1.38 bits per heavy atom. The van der Waals surface area contributed by atoms with Crippen LogP contribution in [-0.4, -0.2) is 11.1 Å². The predicted molar refractivity (Wildman–Crippen MR) is 61.6 cm³/mol. The first-order chi connectivity index (χ1) is 7.69. The van der Waals surface area contributed by atoms with Gasteiger partial charge in [-0.1, -0.05) is 24.3 Å². The molecule has 0 aliphatic heterocycles. The van der Waals surface area contributed by atoms with E-state index in [4.69, 9.17) is 10.4 Å². The van der Waals surface area contributed by atoms with Gasteiger partial charge in [-0.25, -0.2) is 4.79 Å². The first-order valence-electron chi connectivity index (χ1n) is 4.76. The van der Waals surface area contributed by atoms with Crippen LogP contribution in [0.4, 0.5) is 0 Å². The quantitative estimate of drug-likeness (QED) is 0.620. The molecule has 0 radical (unpaired) electrons. The van der Waals surface area contributed by atoms with Crippen molar-refractivity contribution >= 4 is 11.5 Å². The Hall–Kier alpha value is -2.34. The third kappa shape index (κ3) is 2.82. The highest BCUT2D eigenvalue weighted by atomic mass is 16.4. The van der Waals surface area contributed by atoms with Gasteiger partial charge in [0.15, 0.2) is 0 Å². The van der Waals surface area contributed by atoms with Crippen LogP contribution in [0.5, 0.6) is 0 Å². The number of aliphatic carboxylic acids is 1. The van der Waals surface area contributed by atoms with Crippen LogP contribution in [0.3, 0.4) is 0 Å². The number of allylic oxidation sites excluding steroid dienone is 3. The van der Waals surface area contributed by atoms with Crippen LogP contribution >= 0.6 is 0 Å². The second-order valence-electron chi connectivity index (χ2n) is 3.10. The minimum absolute atomic E-state index is 0.211. The molecule has 0 aliphatic rings. The molecule has 0 atom stereocenters. The minimum atomic E-state index is -0.984. The summed E-state index contributed by atoms with van der Waals surface area (Å²) in [6.45, 7) is 1.81. The number of carbonyl (C=O) groups is 1. The number of benzene rings is 1. The molecule has 3 heteroatoms. The second-order valence-corrected chi connectivity index (χ2v) is 3.10. The Balaban J connectivity index is 3.13. The van der Waals surface area contributed by atoms with Crippen molar-refractivity contribution in [3.63, 3.8) is 0 Å². The lowest BCUT2D eigenvalue weighted by atomic mass is 10.0. The van der Waals surface area contributed by atoms with Gasteiger partial charge >= 0.3 is 5.97 Å². The van der Waals surface area contributed by atoms with Crippen molar-refractivity contribution in [2.75, 3.05) is 0 Å². The monoisotopic (exact) mass is 213 g/mol. The highest BCUT2D eigenvalue weighted by Crippen LogP contribution is 2.15. The molecule has 0 aliphatic carbocycles. The van der Waals surface area contributed by atoms with Crippen molar-refractivity contribution in [1.82, 2.24) is 0 Å². The first-order valence-corrected chi connectivity index (χ1v) is 4.76. The molecule has 80 valence electrons. The highest BCUT2D eigenvalue weighted by molar-refractivity contribution is 6.15. The molecule has 0 amide bonds. The van der Waals surface area contributed by atoms with Gasteiger partial charge in [-0.3, -0.25) is 0 Å². The van der Waals surface area contributed by atoms with E-state index in [0.717, 1.165) is 0 Å². The molecule has 1 aromatic rings. The molecule has 0 fully saturated rings. The standard InChI is InChI=1S/C13H11NO2/c1-2-3-4-12(13(15)16)11-7-5-10(9-14)6-8-11/h2-8H,1H3,(H,15,16). The highest BCUT2D eigenvalue weighted by Gasteiger charge is 2.08. The average Bonchev–Trinajstić information content (AvgIpc) is 2.30. The Kier molecular flexibility index (Phi) is 4.05. The number of rotatable bonds is 3. The lowest BCUT2D eigenvalue weighted by molar-refractivity contribution is -0.130. The van der Waals surface area contributed by atoms with Crippen LogP contribution in [0.25, 0.3) is 5.57 Å². The summed E-state index contributed by atoms with van der Waals surface area (Å²) < 4.78 is 0. The molecule has 0 spiro atoms. The summed E-state index contributed by atoms with van der Waals surface area (Å²) in [7, 11) is 0. The molecule has 16 heavy (non-hydrogen) atoms. The molecule has 0 unspecified atom stereocenters. The SMILES string of the molecule is CC=CC=C(C(=O)O)c1ccc(C#N)cc1. The number of nitriles is 1. The zero-order valence-electron chi connectivity index (χ0n) is 8.84. The van der Waals surface area contributed by atoms with Crippen molar-refractivity contribution in [1.29, 1.82) is 5.26 Å². The molecular formula is C13H11NO2. The van der Waals surface area contributed by atoms with E-state index in [-0.39, 0.29) is 5.57 Å². The van der Waals surface area contributed by atoms with Gasteiger partial charge in [0.2, 0.25) is 0 Å². The smallest absolute Gasteiger partial charge is 0.336 e. The molecule has 1 rings (SSSR count). The minimum Gasteiger partial charge on any atom is -0.478 e. The summed E-state index contributed by atoms with van der Waals surface area (Å²) in [4.78, 5) is 11.0. The summed E-state index contributed by atoms with van der Waals surface area (Å²) >= 11 is 0. The topological polar surface area (TPSA) is 61.1 Å². The molecule has 3 nitrogen and oxygen atoms in total. The average molecular weight is 213 g/mol. The zero-order valence-corrected chi connectivity index (χ0v) is 8.84. The van der Waals surface area contributed by atoms with E-state index in [1.807, 2.05) is 13.0 Å². The maximum Gasteiger partial charge on any atom is 0.336 e. The molecule has 0 aromatic heterocycles. The molecule has 1 N–H and O–H groups in total. The third-order valence-corrected chi connectivity index (χ3v) is 2.01. The number of nitrogens with zero attached hydrogens (tertiary/aromatic N) is 1. The number of hydrogen-bond acceptors (Lipinski definition) is 2. The van der Waals surface area contributed by atoms with Gasteiger partial charge in [0, 0.05) is 0 Å². The zero-order chi connectivity index (χ0) is 12.0. The van der Waals surface area contributed by atoms with E-state index in [9.17, 15) is 4.79 Å². The van der Waals surface area contributed by atoms with Gasteiger partial charge in [-0.15, -0.1) is 0 Å². The Morgan fingerprint density at radius 2 is 2.00 bits per heavy atom. The molecule has 0 saturated carbocycles. The second kappa shape index (κ2) is 5.52. The van der Waals surface area contributed by atoms with Crippen LogP contribution in [0.15, 0.2) is 42.5 Å². The summed E-state index contributed by atoms with van der Waals surface area (Å²) in [5.74, 6) is -0.984. The maximum absolute atomic E-state index is 11.0. The summed E-state index contributed by atoms with van der Waals surface area (Å²) in [5, 5.41) is 17.6. The predicted octanol–water partition coefficient (Wildman–Crippen LogP) is 2.60. The molecule has 0 saturated heterocycles. The van der Waals surface area contributed by atoms with Gasteiger partial charge in [0.05, 0.1) is 17.2 Å². The van der Waals surface area contributed by atoms with Crippen molar-refractivity contribution in [2.24, 2.45) is 0 Å². The summed E-state index contributed by atoms with van der Waals surface area (Å²) in [5.41, 5.74) is 1.31. The Morgan fingerprint density at radius 3 is 2.44 bits per heavy atom. The Labute approximate surface area is 94.0 Å². The number of carboxylic acids is 1. The van der Waals surface area contributed by atoms with Crippen LogP contribution in [-0.2, 0) is 4.79 Å². The summed E-state index contributed by atoms with van der Waals surface area (Å²) in [6.07, 6.45) is 4.96. The fourth-order valence-electron chi connectivity index (χ4n) is 1.21. The van der Waals surface area contributed by atoms with Gasteiger partial charge in [0.1, 0.15) is 0 Å². The lowest BCUT2D eigenvalue weighted by Gasteiger charge is -2.01. The van der Waals surface area contributed by atoms with Crippen LogP contribution in [0, 0.1) is 11.3 Å². The van der Waals surface area contributed by atoms with Gasteiger partial charge in [-0.2, -0.15) is 5.26 Å². The van der Waals surface area contributed by atoms with Crippen LogP contribution in [0.2, 0.25) is 0 Å². The van der Waals surface area contributed by atoms with Gasteiger partial charge in [-0.05, 0) is 30.7 Å². The van der Waals surface area contributed by atoms with E-state index >= 15 is 0 Å². The van der Waals surface area contributed by atoms with E-state index in [2.05, 4.69) is 0 Å². The van der Waals surface area contributed by atoms with Crippen molar-refractivity contribution < 1.29 is 9.90 Å². The Bertz CT molecular complexity index is 476. The van der Waals surface area contributed by atoms with Crippen LogP contribution in [0.1, 0.15) is 18.1 Å². The molecule has 0 heterocycles. The maximum atomic E-state index is 11.0. The van der Waals surface area contributed by atoms with Crippen molar-refractivity contribution in [3.05, 3.63) is 53.6 Å². The fraction of sp³-hybridized carbons (Fsp3) is 0.0769. The lowest BCUT2D eigenvalue weighted by Crippen LogP contribution is -1.99. The van der Waals surface area contributed by atoms with Crippen LogP contribution < -0.4 is 0 Å². The van der Waals surface area contributed by atoms with E-state index in [1.54, 1.807) is 36.4 Å². The number of hydrogen-bond donors (Lipinski definition) is 1. The fourth-order valence-corrected chi connectivity index (χ4v) is 1.21. The van der Waals surface area contributed by atoms with E-state index in [0.29, 0.717) is 11.1 Å². The normalized spacial score (nSPS) is 11.4. The molecule has 1 aromatic carbocycles.